The van der Waals surface area contributed by atoms with Crippen LogP contribution in [-0.2, 0) is 0 Å². The maximum atomic E-state index is 4.19. The van der Waals surface area contributed by atoms with Crippen LogP contribution in [0.5, 0.6) is 0 Å². The molecule has 12 heavy (non-hydrogen) atoms. The van der Waals surface area contributed by atoms with Gasteiger partial charge < -0.3 is 0 Å². The van der Waals surface area contributed by atoms with Crippen molar-refractivity contribution in [3.05, 3.63) is 23.6 Å². The lowest BCUT2D eigenvalue weighted by Crippen LogP contribution is -1.85. The number of hydrogen-bond donors (Lipinski definition) is 0. The van der Waals surface area contributed by atoms with Crippen molar-refractivity contribution >= 4 is 11.5 Å². The van der Waals surface area contributed by atoms with E-state index < -0.39 is 0 Å². The van der Waals surface area contributed by atoms with E-state index in [0.717, 1.165) is 10.7 Å². The molecule has 0 saturated heterocycles. The average molecular weight is 178 g/mol. The Bertz CT molecular complexity index is 370. The molecule has 0 spiro atoms. The molecule has 0 unspecified atom stereocenters. The van der Waals surface area contributed by atoms with E-state index >= 15 is 0 Å². The molecule has 0 atom stereocenters. The summed E-state index contributed by atoms with van der Waals surface area (Å²) in [7, 11) is 0. The van der Waals surface area contributed by atoms with Gasteiger partial charge in [0, 0.05) is 12.4 Å². The predicted octanol–water partition coefficient (Wildman–Crippen LogP) is 1.30. The van der Waals surface area contributed by atoms with Gasteiger partial charge in [0.2, 0.25) is 0 Å². The first-order valence-corrected chi connectivity index (χ1v) is 4.20. The summed E-state index contributed by atoms with van der Waals surface area (Å²) >= 11 is 1.37. The molecule has 5 heteroatoms. The van der Waals surface area contributed by atoms with Gasteiger partial charge in [-0.25, -0.2) is 9.97 Å². The van der Waals surface area contributed by atoms with E-state index in [1.165, 1.54) is 11.5 Å². The fourth-order valence-corrected chi connectivity index (χ4v) is 1.30. The lowest BCUT2D eigenvalue weighted by Gasteiger charge is -1.89. The maximum Gasteiger partial charge on any atom is 0.193 e. The van der Waals surface area contributed by atoms with Gasteiger partial charge in [0.25, 0.3) is 0 Å². The highest BCUT2D eigenvalue weighted by Crippen LogP contribution is 2.12. The highest BCUT2D eigenvalue weighted by atomic mass is 32.1. The molecule has 4 nitrogen and oxygen atoms in total. The molecule has 0 aromatic carbocycles. The number of nitrogens with zero attached hydrogens (tertiary/aromatic N) is 4. The highest BCUT2D eigenvalue weighted by molar-refractivity contribution is 7.05. The smallest absolute Gasteiger partial charge is 0.193 e. The normalized spacial score (nSPS) is 10.1. The van der Waals surface area contributed by atoms with E-state index in [9.17, 15) is 0 Å². The van der Waals surface area contributed by atoms with Crippen molar-refractivity contribution in [2.75, 3.05) is 0 Å². The lowest BCUT2D eigenvalue weighted by molar-refractivity contribution is 1.15. The van der Waals surface area contributed by atoms with E-state index in [1.54, 1.807) is 18.6 Å². The molecule has 0 saturated carbocycles. The monoisotopic (exact) mass is 178 g/mol. The first-order valence-electron chi connectivity index (χ1n) is 3.43. The van der Waals surface area contributed by atoms with Crippen LogP contribution in [0.4, 0.5) is 0 Å². The second kappa shape index (κ2) is 2.94. The molecule has 0 aliphatic heterocycles. The lowest BCUT2D eigenvalue weighted by atomic mass is 10.4. The molecule has 2 rings (SSSR count). The van der Waals surface area contributed by atoms with Crippen LogP contribution in [0.3, 0.4) is 0 Å². The topological polar surface area (TPSA) is 51.6 Å². The van der Waals surface area contributed by atoms with Crippen LogP contribution in [0.2, 0.25) is 0 Å². The fourth-order valence-electron chi connectivity index (χ4n) is 0.818. The Morgan fingerprint density at radius 2 is 2.25 bits per heavy atom. The van der Waals surface area contributed by atoms with Gasteiger partial charge in [-0.05, 0) is 18.5 Å². The molecule has 0 aliphatic carbocycles. The van der Waals surface area contributed by atoms with Gasteiger partial charge in [-0.15, -0.1) is 0 Å². The molecule has 2 heterocycles. The van der Waals surface area contributed by atoms with E-state index in [0.29, 0.717) is 5.82 Å². The number of aromatic nitrogens is 4. The molecule has 2 aromatic heterocycles. The third-order valence-electron chi connectivity index (χ3n) is 1.32. The number of rotatable bonds is 1. The largest absolute Gasteiger partial charge is 0.261 e. The van der Waals surface area contributed by atoms with Crippen LogP contribution in [0.15, 0.2) is 18.6 Å². The molecule has 0 radical (unpaired) electrons. The minimum absolute atomic E-state index is 0.658. The van der Waals surface area contributed by atoms with Gasteiger partial charge in [0.05, 0.1) is 6.20 Å². The van der Waals surface area contributed by atoms with Crippen molar-refractivity contribution in [2.24, 2.45) is 0 Å². The van der Waals surface area contributed by atoms with Gasteiger partial charge in [-0.2, -0.15) is 4.37 Å². The number of hydrogen-bond acceptors (Lipinski definition) is 5. The van der Waals surface area contributed by atoms with Gasteiger partial charge in [-0.3, -0.25) is 4.98 Å². The Balaban J connectivity index is 2.45. The number of aryl methyl sites for hydroxylation is 1. The summed E-state index contributed by atoms with van der Waals surface area (Å²) in [4.78, 5) is 12.2. The second-order valence-electron chi connectivity index (χ2n) is 2.23. The molecule has 0 aliphatic rings. The quantitative estimate of drug-likeness (QED) is 0.660. The molecule has 0 amide bonds. The van der Waals surface area contributed by atoms with Crippen molar-refractivity contribution in [1.82, 2.24) is 19.3 Å². The van der Waals surface area contributed by atoms with E-state index in [1.807, 2.05) is 6.92 Å². The minimum atomic E-state index is 0.658. The van der Waals surface area contributed by atoms with Gasteiger partial charge in [0.15, 0.2) is 5.82 Å². The zero-order chi connectivity index (χ0) is 8.39. The second-order valence-corrected chi connectivity index (χ2v) is 3.18. The minimum Gasteiger partial charge on any atom is -0.261 e. The summed E-state index contributed by atoms with van der Waals surface area (Å²) in [5.74, 6) is 0.658. The van der Waals surface area contributed by atoms with Gasteiger partial charge >= 0.3 is 0 Å². The Morgan fingerprint density at radius 1 is 1.33 bits per heavy atom. The van der Waals surface area contributed by atoms with Crippen LogP contribution in [-0.4, -0.2) is 19.3 Å². The molecule has 60 valence electrons. The fraction of sp³-hybridized carbons (Fsp3) is 0.143. The molecular weight excluding hydrogens is 172 g/mol. The molecule has 0 N–H and O–H groups in total. The van der Waals surface area contributed by atoms with E-state index in [4.69, 9.17) is 0 Å². The summed E-state index contributed by atoms with van der Waals surface area (Å²) < 4.78 is 4.11. The third-order valence-corrected chi connectivity index (χ3v) is 1.94. The Labute approximate surface area is 73.5 Å². The van der Waals surface area contributed by atoms with Crippen molar-refractivity contribution in [3.8, 4) is 11.5 Å². The van der Waals surface area contributed by atoms with Gasteiger partial charge in [-0.1, -0.05) is 0 Å². The van der Waals surface area contributed by atoms with Crippen molar-refractivity contribution < 1.29 is 0 Å². The summed E-state index contributed by atoms with van der Waals surface area (Å²) in [6, 6.07) is 0. The first kappa shape index (κ1) is 7.30. The summed E-state index contributed by atoms with van der Waals surface area (Å²) in [6.45, 7) is 1.91. The van der Waals surface area contributed by atoms with Crippen LogP contribution in [0.25, 0.3) is 11.5 Å². The zero-order valence-corrected chi connectivity index (χ0v) is 7.25. The average Bonchev–Trinajstić information content (AvgIpc) is 2.54. The maximum absolute atomic E-state index is 4.19. The predicted molar refractivity (Wildman–Crippen MR) is 45.7 cm³/mol. The molecule has 0 fully saturated rings. The molecular formula is C7H6N4S. The molecule has 2 aromatic rings. The standard InChI is InChI=1S/C7H6N4S/c1-5-10-7(11-12-5)6-4-8-2-3-9-6/h2-4H,1H3. The summed E-state index contributed by atoms with van der Waals surface area (Å²) in [5, 5.41) is 0.940. The first-order chi connectivity index (χ1) is 5.86. The Hall–Kier alpha value is -1.36. The van der Waals surface area contributed by atoms with Crippen LogP contribution >= 0.6 is 11.5 Å². The van der Waals surface area contributed by atoms with Gasteiger partial charge in [0.1, 0.15) is 10.7 Å². The van der Waals surface area contributed by atoms with E-state index in [-0.39, 0.29) is 0 Å². The Morgan fingerprint density at radius 3 is 2.83 bits per heavy atom. The SMILES string of the molecule is Cc1nc(-c2cnccn2)ns1. The third kappa shape index (κ3) is 1.31. The molecule has 0 bridgehead atoms. The summed E-state index contributed by atoms with van der Waals surface area (Å²) in [6.07, 6.45) is 4.91. The zero-order valence-electron chi connectivity index (χ0n) is 6.43. The Kier molecular flexibility index (Phi) is 1.79. The van der Waals surface area contributed by atoms with Crippen LogP contribution in [0.1, 0.15) is 5.01 Å². The van der Waals surface area contributed by atoms with Crippen molar-refractivity contribution in [2.45, 2.75) is 6.92 Å². The van der Waals surface area contributed by atoms with E-state index in [2.05, 4.69) is 19.3 Å². The van der Waals surface area contributed by atoms with Crippen LogP contribution < -0.4 is 0 Å². The van der Waals surface area contributed by atoms with Crippen molar-refractivity contribution in [3.63, 3.8) is 0 Å². The van der Waals surface area contributed by atoms with Crippen LogP contribution in [0, 0.1) is 6.92 Å². The summed E-state index contributed by atoms with van der Waals surface area (Å²) in [5.41, 5.74) is 0.724. The van der Waals surface area contributed by atoms with Crippen molar-refractivity contribution in [1.29, 1.82) is 0 Å². The highest BCUT2D eigenvalue weighted by Gasteiger charge is 2.03.